The van der Waals surface area contributed by atoms with E-state index in [2.05, 4.69) is 27.8 Å². The van der Waals surface area contributed by atoms with Crippen molar-refractivity contribution < 1.29 is 9.52 Å². The fourth-order valence-corrected chi connectivity index (χ4v) is 1.13. The van der Waals surface area contributed by atoms with Crippen molar-refractivity contribution in [3.05, 3.63) is 22.6 Å². The van der Waals surface area contributed by atoms with Crippen LogP contribution in [0.2, 0.25) is 0 Å². The molecule has 2 nitrogen and oxygen atoms in total. The van der Waals surface area contributed by atoms with E-state index in [1.165, 1.54) is 0 Å². The first kappa shape index (κ1) is 9.37. The van der Waals surface area contributed by atoms with E-state index in [0.29, 0.717) is 16.9 Å². The fourth-order valence-electron chi connectivity index (χ4n) is 0.807. The standard InChI is InChI=1S/C9H9BrO2/c1-2-3-4-7(11)8-5-6-9(10)12-8/h5-7,11H,4H2,1H3. The summed E-state index contributed by atoms with van der Waals surface area (Å²) in [6, 6.07) is 3.48. The first-order chi connectivity index (χ1) is 5.74. The minimum atomic E-state index is -0.622. The SMILES string of the molecule is CC#CCC(O)c1ccc(Br)o1. The van der Waals surface area contributed by atoms with Gasteiger partial charge in [0.1, 0.15) is 11.9 Å². The summed E-state index contributed by atoms with van der Waals surface area (Å²) in [7, 11) is 0. The number of furan rings is 1. The molecule has 0 amide bonds. The lowest BCUT2D eigenvalue weighted by molar-refractivity contribution is 0.154. The van der Waals surface area contributed by atoms with Crippen molar-refractivity contribution in [3.63, 3.8) is 0 Å². The van der Waals surface area contributed by atoms with E-state index in [9.17, 15) is 5.11 Å². The minimum absolute atomic E-state index is 0.413. The van der Waals surface area contributed by atoms with E-state index >= 15 is 0 Å². The summed E-state index contributed by atoms with van der Waals surface area (Å²) < 4.78 is 5.77. The zero-order chi connectivity index (χ0) is 8.97. The summed E-state index contributed by atoms with van der Waals surface area (Å²) in [5.41, 5.74) is 0. The van der Waals surface area contributed by atoms with Gasteiger partial charge in [-0.05, 0) is 35.0 Å². The van der Waals surface area contributed by atoms with Gasteiger partial charge < -0.3 is 9.52 Å². The lowest BCUT2D eigenvalue weighted by Gasteiger charge is -2.00. The van der Waals surface area contributed by atoms with E-state index in [4.69, 9.17) is 4.42 Å². The third-order valence-corrected chi connectivity index (χ3v) is 1.82. The Morgan fingerprint density at radius 1 is 1.67 bits per heavy atom. The zero-order valence-corrected chi connectivity index (χ0v) is 8.26. The van der Waals surface area contributed by atoms with E-state index in [0.717, 1.165) is 0 Å². The lowest BCUT2D eigenvalue weighted by Crippen LogP contribution is -1.92. The normalized spacial score (nSPS) is 11.9. The summed E-state index contributed by atoms with van der Waals surface area (Å²) in [4.78, 5) is 0. The van der Waals surface area contributed by atoms with Crippen molar-refractivity contribution in [2.75, 3.05) is 0 Å². The Kier molecular flexibility index (Phi) is 3.39. The molecule has 0 bridgehead atoms. The van der Waals surface area contributed by atoms with Crippen LogP contribution >= 0.6 is 15.9 Å². The van der Waals surface area contributed by atoms with Crippen molar-refractivity contribution in [2.24, 2.45) is 0 Å². The molecule has 0 saturated carbocycles. The average molecular weight is 229 g/mol. The van der Waals surface area contributed by atoms with Crippen molar-refractivity contribution in [1.29, 1.82) is 0 Å². The van der Waals surface area contributed by atoms with Gasteiger partial charge in [-0.15, -0.1) is 11.8 Å². The molecule has 0 aliphatic heterocycles. The Morgan fingerprint density at radius 2 is 2.42 bits per heavy atom. The molecule has 0 radical (unpaired) electrons. The molecule has 3 heteroatoms. The quantitative estimate of drug-likeness (QED) is 0.790. The molecule has 0 aliphatic carbocycles. The summed E-state index contributed by atoms with van der Waals surface area (Å²) in [5.74, 6) is 6.04. The van der Waals surface area contributed by atoms with E-state index < -0.39 is 6.10 Å². The van der Waals surface area contributed by atoms with Crippen LogP contribution in [0.1, 0.15) is 25.2 Å². The van der Waals surface area contributed by atoms with Gasteiger partial charge in [0.25, 0.3) is 0 Å². The topological polar surface area (TPSA) is 33.4 Å². The van der Waals surface area contributed by atoms with Gasteiger partial charge in [-0.2, -0.15) is 0 Å². The van der Waals surface area contributed by atoms with Crippen LogP contribution in [-0.2, 0) is 0 Å². The predicted octanol–water partition coefficient (Wildman–Crippen LogP) is 2.49. The fraction of sp³-hybridized carbons (Fsp3) is 0.333. The van der Waals surface area contributed by atoms with Crippen LogP contribution in [0, 0.1) is 11.8 Å². The molecule has 1 aromatic heterocycles. The maximum Gasteiger partial charge on any atom is 0.169 e. The Balaban J connectivity index is 2.62. The average Bonchev–Trinajstić information content (AvgIpc) is 2.47. The monoisotopic (exact) mass is 228 g/mol. The highest BCUT2D eigenvalue weighted by atomic mass is 79.9. The molecule has 0 fully saturated rings. The second-order valence-corrected chi connectivity index (χ2v) is 3.07. The molecule has 1 unspecified atom stereocenters. The van der Waals surface area contributed by atoms with Crippen LogP contribution < -0.4 is 0 Å². The number of rotatable bonds is 2. The Morgan fingerprint density at radius 3 is 2.92 bits per heavy atom. The van der Waals surface area contributed by atoms with Gasteiger partial charge in [0.15, 0.2) is 4.67 Å². The molecule has 0 saturated heterocycles. The molecule has 1 rings (SSSR count). The lowest BCUT2D eigenvalue weighted by atomic mass is 10.2. The zero-order valence-electron chi connectivity index (χ0n) is 6.67. The molecule has 12 heavy (non-hydrogen) atoms. The summed E-state index contributed by atoms with van der Waals surface area (Å²) in [5, 5.41) is 9.45. The number of halogens is 1. The van der Waals surface area contributed by atoms with Crippen LogP contribution in [0.3, 0.4) is 0 Å². The molecule has 1 N–H and O–H groups in total. The summed E-state index contributed by atoms with van der Waals surface area (Å²) >= 11 is 3.15. The van der Waals surface area contributed by atoms with Crippen molar-refractivity contribution in [3.8, 4) is 11.8 Å². The summed E-state index contributed by atoms with van der Waals surface area (Å²) in [6.07, 6.45) is -0.208. The molecule has 1 aromatic rings. The highest BCUT2D eigenvalue weighted by molar-refractivity contribution is 9.10. The second-order valence-electron chi connectivity index (χ2n) is 2.29. The van der Waals surface area contributed by atoms with Gasteiger partial charge in [0.05, 0.1) is 0 Å². The Bertz CT molecular complexity index is 306. The van der Waals surface area contributed by atoms with Crippen LogP contribution in [-0.4, -0.2) is 5.11 Å². The molecule has 0 aromatic carbocycles. The van der Waals surface area contributed by atoms with Gasteiger partial charge in [-0.25, -0.2) is 0 Å². The first-order valence-corrected chi connectivity index (χ1v) is 4.36. The van der Waals surface area contributed by atoms with E-state index in [1.807, 2.05) is 0 Å². The van der Waals surface area contributed by atoms with Crippen molar-refractivity contribution in [2.45, 2.75) is 19.4 Å². The predicted molar refractivity (Wildman–Crippen MR) is 49.4 cm³/mol. The molecule has 0 aliphatic rings. The third kappa shape index (κ3) is 2.40. The molecule has 1 heterocycles. The number of aliphatic hydroxyl groups excluding tert-OH is 1. The third-order valence-electron chi connectivity index (χ3n) is 1.39. The van der Waals surface area contributed by atoms with Gasteiger partial charge in [-0.3, -0.25) is 0 Å². The van der Waals surface area contributed by atoms with Crippen LogP contribution in [0.4, 0.5) is 0 Å². The Hall–Kier alpha value is -0.720. The van der Waals surface area contributed by atoms with Crippen molar-refractivity contribution >= 4 is 15.9 Å². The highest BCUT2D eigenvalue weighted by Gasteiger charge is 2.09. The van der Waals surface area contributed by atoms with Crippen LogP contribution in [0.25, 0.3) is 0 Å². The molecular formula is C9H9BrO2. The number of hydrogen-bond donors (Lipinski definition) is 1. The van der Waals surface area contributed by atoms with Crippen LogP contribution in [0.15, 0.2) is 21.2 Å². The van der Waals surface area contributed by atoms with E-state index in [1.54, 1.807) is 19.1 Å². The number of aliphatic hydroxyl groups is 1. The van der Waals surface area contributed by atoms with Gasteiger partial charge in [-0.1, -0.05) is 0 Å². The largest absolute Gasteiger partial charge is 0.452 e. The van der Waals surface area contributed by atoms with Crippen molar-refractivity contribution in [1.82, 2.24) is 0 Å². The first-order valence-electron chi connectivity index (χ1n) is 3.57. The molecule has 1 atom stereocenters. The maximum atomic E-state index is 9.45. The van der Waals surface area contributed by atoms with Gasteiger partial charge in [0, 0.05) is 6.42 Å². The second kappa shape index (κ2) is 4.34. The number of hydrogen-bond acceptors (Lipinski definition) is 2. The van der Waals surface area contributed by atoms with Gasteiger partial charge >= 0.3 is 0 Å². The highest BCUT2D eigenvalue weighted by Crippen LogP contribution is 2.21. The molecule has 0 spiro atoms. The summed E-state index contributed by atoms with van der Waals surface area (Å²) in [6.45, 7) is 1.74. The smallest absolute Gasteiger partial charge is 0.169 e. The Labute approximate surface area is 79.7 Å². The maximum absolute atomic E-state index is 9.45. The molecular weight excluding hydrogens is 220 g/mol. The molecule has 64 valence electrons. The van der Waals surface area contributed by atoms with Gasteiger partial charge in [0.2, 0.25) is 0 Å². The minimum Gasteiger partial charge on any atom is -0.452 e. The van der Waals surface area contributed by atoms with Crippen LogP contribution in [0.5, 0.6) is 0 Å². The van der Waals surface area contributed by atoms with E-state index in [-0.39, 0.29) is 0 Å².